The minimum Gasteiger partial charge on any atom is -0.492 e. The summed E-state index contributed by atoms with van der Waals surface area (Å²) in [6.07, 6.45) is 3.78. The Morgan fingerprint density at radius 1 is 1.33 bits per heavy atom. The molecule has 1 aliphatic rings. The number of likely N-dealkylation sites (tertiary alicyclic amines) is 1. The third-order valence-corrected chi connectivity index (χ3v) is 5.71. The van der Waals surface area contributed by atoms with Gasteiger partial charge in [-0.15, -0.1) is 0 Å². The fourth-order valence-electron chi connectivity index (χ4n) is 3.51. The summed E-state index contributed by atoms with van der Waals surface area (Å²) in [7, 11) is 0. The first kappa shape index (κ1) is 15.5. The lowest BCUT2D eigenvalue weighted by molar-refractivity contribution is 0.149. The van der Waals surface area contributed by atoms with E-state index in [0.29, 0.717) is 10.9 Å². The summed E-state index contributed by atoms with van der Waals surface area (Å²) in [6.45, 7) is 4.16. The number of aromatic hydroxyl groups is 1. The number of aromatic nitrogens is 3. The zero-order chi connectivity index (χ0) is 16.7. The van der Waals surface area contributed by atoms with Crippen molar-refractivity contribution >= 4 is 16.3 Å². The van der Waals surface area contributed by atoms with E-state index < -0.39 is 0 Å². The molecule has 0 bridgehead atoms. The summed E-state index contributed by atoms with van der Waals surface area (Å²) in [5.74, 6) is 0.474. The van der Waals surface area contributed by atoms with Gasteiger partial charge in [0.25, 0.3) is 0 Å². The van der Waals surface area contributed by atoms with Crippen LogP contribution in [-0.2, 0) is 0 Å². The predicted molar refractivity (Wildman–Crippen MR) is 90.7 cm³/mol. The van der Waals surface area contributed by atoms with Gasteiger partial charge in [-0.3, -0.25) is 4.90 Å². The van der Waals surface area contributed by atoms with Gasteiger partial charge in [-0.1, -0.05) is 30.4 Å². The van der Waals surface area contributed by atoms with Gasteiger partial charge in [0.15, 0.2) is 0 Å². The van der Waals surface area contributed by atoms with Crippen molar-refractivity contribution in [2.24, 2.45) is 5.92 Å². The smallest absolute Gasteiger partial charge is 0.230 e. The Morgan fingerprint density at radius 3 is 2.83 bits per heavy atom. The van der Waals surface area contributed by atoms with Gasteiger partial charge in [0, 0.05) is 6.54 Å². The van der Waals surface area contributed by atoms with E-state index in [0.717, 1.165) is 30.0 Å². The van der Waals surface area contributed by atoms with Gasteiger partial charge < -0.3 is 5.11 Å². The third kappa shape index (κ3) is 2.67. The first-order valence-electron chi connectivity index (χ1n) is 8.14. The average molecular weight is 346 g/mol. The molecule has 1 aliphatic heterocycles. The van der Waals surface area contributed by atoms with E-state index in [-0.39, 0.29) is 17.7 Å². The van der Waals surface area contributed by atoms with Gasteiger partial charge in [-0.05, 0) is 43.0 Å². The lowest BCUT2D eigenvalue weighted by Crippen LogP contribution is -2.37. The van der Waals surface area contributed by atoms with Gasteiger partial charge in [0.1, 0.15) is 12.1 Å². The SMILES string of the molecule is C[C@H]1CCCN([C@@H](c2ccc(F)cc2)c2sc3ncnn3c2O)C1. The molecule has 0 saturated carbocycles. The van der Waals surface area contributed by atoms with Crippen LogP contribution in [0.1, 0.15) is 36.2 Å². The highest BCUT2D eigenvalue weighted by Crippen LogP contribution is 2.41. The summed E-state index contributed by atoms with van der Waals surface area (Å²) >= 11 is 1.44. The number of benzene rings is 1. The molecule has 1 aromatic carbocycles. The van der Waals surface area contributed by atoms with Gasteiger partial charge in [0.2, 0.25) is 10.8 Å². The molecule has 0 amide bonds. The lowest BCUT2D eigenvalue weighted by atomic mass is 9.95. The molecular weight excluding hydrogens is 327 g/mol. The highest BCUT2D eigenvalue weighted by Gasteiger charge is 2.31. The van der Waals surface area contributed by atoms with Crippen molar-refractivity contribution in [3.05, 3.63) is 46.9 Å². The van der Waals surface area contributed by atoms with Crippen molar-refractivity contribution < 1.29 is 9.50 Å². The molecule has 3 heterocycles. The van der Waals surface area contributed by atoms with E-state index in [4.69, 9.17) is 0 Å². The molecule has 24 heavy (non-hydrogen) atoms. The third-order valence-electron chi connectivity index (χ3n) is 4.63. The molecule has 4 rings (SSSR count). The van der Waals surface area contributed by atoms with Crippen LogP contribution in [0.2, 0.25) is 0 Å². The van der Waals surface area contributed by atoms with E-state index in [9.17, 15) is 9.50 Å². The maximum absolute atomic E-state index is 13.4. The molecule has 1 fully saturated rings. The van der Waals surface area contributed by atoms with Crippen LogP contribution in [0.15, 0.2) is 30.6 Å². The van der Waals surface area contributed by atoms with Crippen LogP contribution in [-0.4, -0.2) is 37.7 Å². The zero-order valence-corrected chi connectivity index (χ0v) is 14.2. The number of halogens is 1. The second-order valence-corrected chi connectivity index (χ2v) is 7.45. The normalized spacial score (nSPS) is 20.5. The molecule has 0 spiro atoms. The van der Waals surface area contributed by atoms with Crippen LogP contribution in [0.4, 0.5) is 4.39 Å². The number of hydrogen-bond acceptors (Lipinski definition) is 5. The Labute approximate surface area is 143 Å². The highest BCUT2D eigenvalue weighted by molar-refractivity contribution is 7.17. The Kier molecular flexibility index (Phi) is 3.97. The van der Waals surface area contributed by atoms with E-state index in [1.165, 1.54) is 40.7 Å². The number of fused-ring (bicyclic) bond motifs is 1. The van der Waals surface area contributed by atoms with Crippen molar-refractivity contribution in [3.63, 3.8) is 0 Å². The first-order valence-corrected chi connectivity index (χ1v) is 8.96. The number of nitrogens with zero attached hydrogens (tertiary/aromatic N) is 4. The average Bonchev–Trinajstić information content (AvgIpc) is 3.14. The zero-order valence-electron chi connectivity index (χ0n) is 13.4. The van der Waals surface area contributed by atoms with E-state index >= 15 is 0 Å². The Balaban J connectivity index is 1.81. The van der Waals surface area contributed by atoms with Crippen LogP contribution in [0.3, 0.4) is 0 Å². The molecule has 126 valence electrons. The van der Waals surface area contributed by atoms with Crippen LogP contribution in [0.5, 0.6) is 5.88 Å². The fraction of sp³-hybridized carbons (Fsp3) is 0.412. The predicted octanol–water partition coefficient (Wildman–Crippen LogP) is 3.46. The Morgan fingerprint density at radius 2 is 2.12 bits per heavy atom. The number of rotatable bonds is 3. The van der Waals surface area contributed by atoms with E-state index in [1.54, 1.807) is 12.1 Å². The van der Waals surface area contributed by atoms with Crippen LogP contribution in [0.25, 0.3) is 4.96 Å². The van der Waals surface area contributed by atoms with Crippen molar-refractivity contribution in [1.29, 1.82) is 0 Å². The second-order valence-electron chi connectivity index (χ2n) is 6.44. The van der Waals surface area contributed by atoms with Crippen LogP contribution >= 0.6 is 11.3 Å². The maximum atomic E-state index is 13.4. The molecular formula is C17H19FN4OS. The summed E-state index contributed by atoms with van der Waals surface area (Å²) in [5, 5.41) is 14.7. The van der Waals surface area contributed by atoms with Gasteiger partial charge >= 0.3 is 0 Å². The van der Waals surface area contributed by atoms with Gasteiger partial charge in [-0.25, -0.2) is 9.37 Å². The van der Waals surface area contributed by atoms with Crippen LogP contribution < -0.4 is 0 Å². The summed E-state index contributed by atoms with van der Waals surface area (Å²) in [5.41, 5.74) is 0.977. The molecule has 2 atom stereocenters. The second kappa shape index (κ2) is 6.14. The van der Waals surface area contributed by atoms with Crippen molar-refractivity contribution in [2.75, 3.05) is 13.1 Å². The monoisotopic (exact) mass is 346 g/mol. The number of hydrogen-bond donors (Lipinski definition) is 1. The first-order chi connectivity index (χ1) is 11.6. The van der Waals surface area contributed by atoms with Crippen molar-refractivity contribution in [2.45, 2.75) is 25.8 Å². The van der Waals surface area contributed by atoms with Crippen molar-refractivity contribution in [1.82, 2.24) is 19.5 Å². The fourth-order valence-corrected chi connectivity index (χ4v) is 4.60. The molecule has 2 aromatic heterocycles. The van der Waals surface area contributed by atoms with Gasteiger partial charge in [-0.2, -0.15) is 9.61 Å². The molecule has 1 N–H and O–H groups in total. The van der Waals surface area contributed by atoms with Gasteiger partial charge in [0.05, 0.1) is 10.9 Å². The molecule has 0 unspecified atom stereocenters. The standard InChI is InChI=1S/C17H19FN4OS/c1-11-3-2-8-21(9-11)14(12-4-6-13(18)7-5-12)15-16(23)22-17(24-15)19-10-20-22/h4-7,10-11,14,23H,2-3,8-9H2,1H3/t11-,14-/m0/s1. The lowest BCUT2D eigenvalue weighted by Gasteiger charge is -2.37. The maximum Gasteiger partial charge on any atom is 0.230 e. The van der Waals surface area contributed by atoms with E-state index in [1.807, 2.05) is 0 Å². The van der Waals surface area contributed by atoms with E-state index in [2.05, 4.69) is 21.9 Å². The quantitative estimate of drug-likeness (QED) is 0.789. The summed E-state index contributed by atoms with van der Waals surface area (Å²) < 4.78 is 14.8. The molecule has 0 radical (unpaired) electrons. The molecule has 0 aliphatic carbocycles. The topological polar surface area (TPSA) is 53.7 Å². The molecule has 5 nitrogen and oxygen atoms in total. The molecule has 7 heteroatoms. The molecule has 3 aromatic rings. The molecule has 1 saturated heterocycles. The minimum atomic E-state index is -0.253. The number of thiazole rings is 1. The highest BCUT2D eigenvalue weighted by atomic mass is 32.1. The summed E-state index contributed by atoms with van der Waals surface area (Å²) in [4.78, 5) is 8.03. The Bertz CT molecular complexity index is 844. The van der Waals surface area contributed by atoms with Crippen molar-refractivity contribution in [3.8, 4) is 5.88 Å². The summed E-state index contributed by atoms with van der Waals surface area (Å²) in [6, 6.07) is 6.44. The largest absolute Gasteiger partial charge is 0.492 e. The Hall–Kier alpha value is -1.99. The number of piperidine rings is 1. The van der Waals surface area contributed by atoms with Crippen LogP contribution in [0, 0.1) is 11.7 Å². The minimum absolute atomic E-state index is 0.109.